The lowest BCUT2D eigenvalue weighted by Gasteiger charge is -2.39. The molecule has 1 heterocycles. The Morgan fingerprint density at radius 1 is 1.12 bits per heavy atom. The van der Waals surface area contributed by atoms with Gasteiger partial charge in [0.15, 0.2) is 0 Å². The van der Waals surface area contributed by atoms with Crippen molar-refractivity contribution in [1.29, 1.82) is 0 Å². The van der Waals surface area contributed by atoms with E-state index in [2.05, 4.69) is 23.1 Å². The number of ether oxygens (including phenoxy) is 1. The molecule has 26 heavy (non-hydrogen) atoms. The van der Waals surface area contributed by atoms with Gasteiger partial charge in [-0.15, -0.1) is 0 Å². The zero-order valence-corrected chi connectivity index (χ0v) is 15.9. The molecule has 0 N–H and O–H groups in total. The second-order valence-electron chi connectivity index (χ2n) is 7.69. The van der Waals surface area contributed by atoms with Crippen LogP contribution in [0, 0.1) is 5.41 Å². The monoisotopic (exact) mass is 369 g/mol. The average molecular weight is 370 g/mol. The molecular formula is C22H24ClNO2. The van der Waals surface area contributed by atoms with E-state index in [0.717, 1.165) is 43.1 Å². The Morgan fingerprint density at radius 3 is 2.54 bits per heavy atom. The highest BCUT2D eigenvalue weighted by atomic mass is 35.5. The number of hydrogen-bond acceptors (Lipinski definition) is 3. The fraction of sp³-hybridized carbons (Fsp3) is 0.409. The molecule has 0 unspecified atom stereocenters. The van der Waals surface area contributed by atoms with Crippen LogP contribution in [0.3, 0.4) is 0 Å². The molecule has 136 valence electrons. The molecule has 0 saturated carbocycles. The number of piperidine rings is 1. The van der Waals surface area contributed by atoms with E-state index in [1.807, 2.05) is 24.3 Å². The normalized spacial score (nSPS) is 18.7. The van der Waals surface area contributed by atoms with Crippen LogP contribution in [0.25, 0.3) is 0 Å². The summed E-state index contributed by atoms with van der Waals surface area (Å²) in [7, 11) is 1.46. The summed E-state index contributed by atoms with van der Waals surface area (Å²) in [5.74, 6) is -0.209. The molecule has 0 amide bonds. The van der Waals surface area contributed by atoms with Gasteiger partial charge in [-0.25, -0.2) is 4.79 Å². The number of likely N-dealkylation sites (tertiary alicyclic amines) is 1. The SMILES string of the molecule is COC(=O)c1cccc2c1CC1(CCN(Cc3ccc(Cl)cc3)CC1)C2. The lowest BCUT2D eigenvalue weighted by molar-refractivity contribution is 0.0598. The Labute approximate surface area is 159 Å². The van der Waals surface area contributed by atoms with E-state index in [-0.39, 0.29) is 5.97 Å². The number of benzene rings is 2. The van der Waals surface area contributed by atoms with Crippen molar-refractivity contribution in [1.82, 2.24) is 4.90 Å². The maximum atomic E-state index is 12.1. The van der Waals surface area contributed by atoms with Gasteiger partial charge in [0.1, 0.15) is 0 Å². The highest BCUT2D eigenvalue weighted by molar-refractivity contribution is 6.30. The number of carbonyl (C=O) groups is 1. The van der Waals surface area contributed by atoms with Crippen molar-refractivity contribution in [2.24, 2.45) is 5.41 Å². The van der Waals surface area contributed by atoms with Gasteiger partial charge in [0, 0.05) is 11.6 Å². The van der Waals surface area contributed by atoms with Crippen LogP contribution >= 0.6 is 11.6 Å². The van der Waals surface area contributed by atoms with E-state index in [0.29, 0.717) is 5.41 Å². The fourth-order valence-electron chi connectivity index (χ4n) is 4.54. The minimum atomic E-state index is -0.209. The smallest absolute Gasteiger partial charge is 0.338 e. The minimum Gasteiger partial charge on any atom is -0.465 e. The second kappa shape index (κ2) is 7.05. The summed E-state index contributed by atoms with van der Waals surface area (Å²) < 4.78 is 4.97. The third-order valence-corrected chi connectivity index (χ3v) is 6.28. The molecule has 2 aromatic rings. The lowest BCUT2D eigenvalue weighted by atomic mass is 9.75. The molecule has 0 aromatic heterocycles. The molecule has 2 aromatic carbocycles. The van der Waals surface area contributed by atoms with Crippen molar-refractivity contribution < 1.29 is 9.53 Å². The molecule has 1 aliphatic carbocycles. The third-order valence-electron chi connectivity index (χ3n) is 6.03. The predicted octanol–water partition coefficient (Wildman–Crippen LogP) is 4.51. The van der Waals surface area contributed by atoms with E-state index in [4.69, 9.17) is 16.3 Å². The molecule has 4 rings (SSSR count). The van der Waals surface area contributed by atoms with E-state index in [1.54, 1.807) is 0 Å². The molecule has 3 nitrogen and oxygen atoms in total. The summed E-state index contributed by atoms with van der Waals surface area (Å²) in [5, 5.41) is 0.788. The zero-order valence-electron chi connectivity index (χ0n) is 15.1. The number of rotatable bonds is 3. The van der Waals surface area contributed by atoms with Crippen LogP contribution in [0.4, 0.5) is 0 Å². The fourth-order valence-corrected chi connectivity index (χ4v) is 4.66. The first kappa shape index (κ1) is 17.6. The van der Waals surface area contributed by atoms with Crippen LogP contribution < -0.4 is 0 Å². The Kier molecular flexibility index (Phi) is 4.76. The first-order valence-electron chi connectivity index (χ1n) is 9.24. The van der Waals surface area contributed by atoms with Gasteiger partial charge >= 0.3 is 5.97 Å². The molecular weight excluding hydrogens is 346 g/mol. The van der Waals surface area contributed by atoms with Crippen molar-refractivity contribution in [2.45, 2.75) is 32.2 Å². The number of carbonyl (C=O) groups excluding carboxylic acids is 1. The first-order chi connectivity index (χ1) is 12.6. The largest absolute Gasteiger partial charge is 0.465 e. The average Bonchev–Trinajstić information content (AvgIpc) is 3.03. The highest BCUT2D eigenvalue weighted by Gasteiger charge is 2.41. The van der Waals surface area contributed by atoms with E-state index in [9.17, 15) is 4.79 Å². The van der Waals surface area contributed by atoms with Crippen LogP contribution in [0.5, 0.6) is 0 Å². The summed E-state index contributed by atoms with van der Waals surface area (Å²) in [5.41, 5.74) is 4.92. The Balaban J connectivity index is 1.43. The zero-order chi connectivity index (χ0) is 18.1. The molecule has 1 fully saturated rings. The van der Waals surface area contributed by atoms with E-state index >= 15 is 0 Å². The van der Waals surface area contributed by atoms with Gasteiger partial charge in [-0.2, -0.15) is 0 Å². The molecule has 0 radical (unpaired) electrons. The van der Waals surface area contributed by atoms with Crippen LogP contribution in [0.15, 0.2) is 42.5 Å². The van der Waals surface area contributed by atoms with Crippen LogP contribution in [-0.2, 0) is 24.1 Å². The topological polar surface area (TPSA) is 29.5 Å². The Morgan fingerprint density at radius 2 is 1.85 bits per heavy atom. The van der Waals surface area contributed by atoms with Crippen LogP contribution in [0.1, 0.15) is 39.9 Å². The van der Waals surface area contributed by atoms with Gasteiger partial charge in [-0.3, -0.25) is 4.90 Å². The number of fused-ring (bicyclic) bond motifs is 1. The number of methoxy groups -OCH3 is 1. The summed E-state index contributed by atoms with van der Waals surface area (Å²) >= 11 is 5.98. The molecule has 1 aliphatic heterocycles. The second-order valence-corrected chi connectivity index (χ2v) is 8.13. The van der Waals surface area contributed by atoms with Crippen molar-refractivity contribution in [2.75, 3.05) is 20.2 Å². The van der Waals surface area contributed by atoms with Crippen LogP contribution in [0.2, 0.25) is 5.02 Å². The Bertz CT molecular complexity index is 807. The summed E-state index contributed by atoms with van der Waals surface area (Å²) in [4.78, 5) is 14.6. The Hall–Kier alpha value is -1.84. The van der Waals surface area contributed by atoms with Gasteiger partial charge in [-0.05, 0) is 79.1 Å². The molecule has 1 spiro atoms. The van der Waals surface area contributed by atoms with Gasteiger partial charge in [-0.1, -0.05) is 35.9 Å². The minimum absolute atomic E-state index is 0.209. The van der Waals surface area contributed by atoms with Crippen molar-refractivity contribution in [3.05, 3.63) is 69.7 Å². The van der Waals surface area contributed by atoms with Crippen molar-refractivity contribution >= 4 is 17.6 Å². The summed E-state index contributed by atoms with van der Waals surface area (Å²) in [6.45, 7) is 3.18. The van der Waals surface area contributed by atoms with Gasteiger partial charge in [0.25, 0.3) is 0 Å². The molecule has 0 atom stereocenters. The van der Waals surface area contributed by atoms with Gasteiger partial charge in [0.2, 0.25) is 0 Å². The molecule has 0 bridgehead atoms. The van der Waals surface area contributed by atoms with E-state index < -0.39 is 0 Å². The van der Waals surface area contributed by atoms with Gasteiger partial charge in [0.05, 0.1) is 12.7 Å². The maximum absolute atomic E-state index is 12.1. The number of nitrogens with zero attached hydrogens (tertiary/aromatic N) is 1. The lowest BCUT2D eigenvalue weighted by Crippen LogP contribution is -2.40. The van der Waals surface area contributed by atoms with Crippen molar-refractivity contribution in [3.8, 4) is 0 Å². The summed E-state index contributed by atoms with van der Waals surface area (Å²) in [6, 6.07) is 14.2. The maximum Gasteiger partial charge on any atom is 0.338 e. The number of halogens is 1. The molecule has 1 saturated heterocycles. The standard InChI is InChI=1S/C22H24ClNO2/c1-26-21(25)19-4-2-3-17-13-22(14-20(17)19)9-11-24(12-10-22)15-16-5-7-18(23)8-6-16/h2-8H,9-15H2,1H3. The first-order valence-corrected chi connectivity index (χ1v) is 9.62. The third kappa shape index (κ3) is 3.38. The van der Waals surface area contributed by atoms with Crippen molar-refractivity contribution in [3.63, 3.8) is 0 Å². The number of esters is 1. The highest BCUT2D eigenvalue weighted by Crippen LogP contribution is 2.45. The number of hydrogen-bond donors (Lipinski definition) is 0. The van der Waals surface area contributed by atoms with E-state index in [1.165, 1.54) is 36.6 Å². The predicted molar refractivity (Wildman–Crippen MR) is 104 cm³/mol. The quantitative estimate of drug-likeness (QED) is 0.745. The molecule has 2 aliphatic rings. The van der Waals surface area contributed by atoms with Crippen LogP contribution in [-0.4, -0.2) is 31.1 Å². The summed E-state index contributed by atoms with van der Waals surface area (Å²) in [6.07, 6.45) is 4.44. The molecule has 4 heteroatoms. The van der Waals surface area contributed by atoms with Gasteiger partial charge < -0.3 is 4.74 Å².